The predicted molar refractivity (Wildman–Crippen MR) is 85.6 cm³/mol. The SMILES string of the molecule is CNC(c1sccc1Cl)C1CCOC2(CCCCC2)C1. The predicted octanol–water partition coefficient (Wildman–Crippen LogP) is 4.79. The maximum absolute atomic E-state index is 6.35. The van der Waals surface area contributed by atoms with E-state index in [1.807, 2.05) is 6.07 Å². The molecule has 4 heteroatoms. The Kier molecular flexibility index (Phi) is 4.71. The molecule has 1 saturated carbocycles. The molecular formula is C16H24ClNOS. The lowest BCUT2D eigenvalue weighted by Gasteiger charge is -2.45. The number of halogens is 1. The largest absolute Gasteiger partial charge is 0.375 e. The molecule has 1 aromatic heterocycles. The summed E-state index contributed by atoms with van der Waals surface area (Å²) in [5, 5.41) is 6.52. The Morgan fingerprint density at radius 2 is 2.20 bits per heavy atom. The number of hydrogen-bond acceptors (Lipinski definition) is 3. The molecule has 1 aliphatic carbocycles. The average Bonchev–Trinajstić information content (AvgIpc) is 2.87. The maximum Gasteiger partial charge on any atom is 0.0686 e. The first-order valence-corrected chi connectivity index (χ1v) is 9.04. The summed E-state index contributed by atoms with van der Waals surface area (Å²) in [7, 11) is 2.06. The molecule has 2 atom stereocenters. The van der Waals surface area contributed by atoms with Crippen molar-refractivity contribution >= 4 is 22.9 Å². The van der Waals surface area contributed by atoms with Crippen molar-refractivity contribution in [2.45, 2.75) is 56.6 Å². The van der Waals surface area contributed by atoms with E-state index in [0.717, 1.165) is 18.1 Å². The molecule has 2 fully saturated rings. The summed E-state index contributed by atoms with van der Waals surface area (Å²) in [6.45, 7) is 0.909. The highest BCUT2D eigenvalue weighted by atomic mass is 35.5. The van der Waals surface area contributed by atoms with Crippen LogP contribution in [0.5, 0.6) is 0 Å². The van der Waals surface area contributed by atoms with Crippen LogP contribution >= 0.6 is 22.9 Å². The summed E-state index contributed by atoms with van der Waals surface area (Å²) < 4.78 is 6.22. The highest BCUT2D eigenvalue weighted by Crippen LogP contribution is 2.45. The van der Waals surface area contributed by atoms with Gasteiger partial charge in [0.15, 0.2) is 0 Å². The van der Waals surface area contributed by atoms with Crippen molar-refractivity contribution in [1.29, 1.82) is 0 Å². The summed E-state index contributed by atoms with van der Waals surface area (Å²) in [5.74, 6) is 0.642. The molecule has 0 amide bonds. The van der Waals surface area contributed by atoms with E-state index in [1.54, 1.807) is 11.3 Å². The van der Waals surface area contributed by atoms with Crippen molar-refractivity contribution in [3.8, 4) is 0 Å². The van der Waals surface area contributed by atoms with Crippen LogP contribution in [0, 0.1) is 5.92 Å². The van der Waals surface area contributed by atoms with Gasteiger partial charge in [-0.15, -0.1) is 11.3 Å². The molecule has 3 rings (SSSR count). The lowest BCUT2D eigenvalue weighted by atomic mass is 9.74. The van der Waals surface area contributed by atoms with Crippen LogP contribution in [0.3, 0.4) is 0 Å². The molecule has 1 aliphatic heterocycles. The van der Waals surface area contributed by atoms with Crippen molar-refractivity contribution in [1.82, 2.24) is 5.32 Å². The quantitative estimate of drug-likeness (QED) is 0.866. The lowest BCUT2D eigenvalue weighted by molar-refractivity contribution is -0.121. The van der Waals surface area contributed by atoms with Gasteiger partial charge < -0.3 is 10.1 Å². The smallest absolute Gasteiger partial charge is 0.0686 e. The van der Waals surface area contributed by atoms with E-state index in [-0.39, 0.29) is 5.60 Å². The fraction of sp³-hybridized carbons (Fsp3) is 0.750. The van der Waals surface area contributed by atoms with E-state index in [0.29, 0.717) is 12.0 Å². The lowest BCUT2D eigenvalue weighted by Crippen LogP contribution is -2.44. The first-order chi connectivity index (χ1) is 9.74. The summed E-state index contributed by atoms with van der Waals surface area (Å²) in [6.07, 6.45) is 8.86. The number of rotatable bonds is 3. The van der Waals surface area contributed by atoms with Gasteiger partial charge in [-0.25, -0.2) is 0 Å². The third-order valence-corrected chi connectivity index (χ3v) is 6.45. The fourth-order valence-electron chi connectivity index (χ4n) is 4.00. The third kappa shape index (κ3) is 2.92. The maximum atomic E-state index is 6.35. The minimum Gasteiger partial charge on any atom is -0.375 e. The van der Waals surface area contributed by atoms with E-state index < -0.39 is 0 Å². The summed E-state index contributed by atoms with van der Waals surface area (Å²) in [4.78, 5) is 1.30. The molecule has 112 valence electrons. The van der Waals surface area contributed by atoms with Crippen LogP contribution in [-0.2, 0) is 4.74 Å². The normalized spacial score (nSPS) is 27.6. The standard InChI is InChI=1S/C16H24ClNOS/c1-18-14(15-13(17)6-10-20-15)12-5-9-19-16(11-12)7-3-2-4-8-16/h6,10,12,14,18H,2-5,7-9,11H2,1H3. The molecule has 1 N–H and O–H groups in total. The van der Waals surface area contributed by atoms with Gasteiger partial charge in [0.25, 0.3) is 0 Å². The first kappa shape index (κ1) is 14.8. The average molecular weight is 314 g/mol. The summed E-state index contributed by atoms with van der Waals surface area (Å²) in [6, 6.07) is 2.40. The van der Waals surface area contributed by atoms with Gasteiger partial charge in [-0.3, -0.25) is 0 Å². The van der Waals surface area contributed by atoms with Gasteiger partial charge in [-0.1, -0.05) is 30.9 Å². The van der Waals surface area contributed by atoms with Crippen molar-refractivity contribution in [3.63, 3.8) is 0 Å². The Morgan fingerprint density at radius 1 is 1.40 bits per heavy atom. The van der Waals surface area contributed by atoms with E-state index in [2.05, 4.69) is 17.7 Å². The van der Waals surface area contributed by atoms with E-state index in [9.17, 15) is 0 Å². The minimum atomic E-state index is 0.167. The van der Waals surface area contributed by atoms with Crippen LogP contribution < -0.4 is 5.32 Å². The van der Waals surface area contributed by atoms with Crippen molar-refractivity contribution in [2.75, 3.05) is 13.7 Å². The van der Waals surface area contributed by atoms with E-state index in [4.69, 9.17) is 16.3 Å². The van der Waals surface area contributed by atoms with Crippen molar-refractivity contribution in [3.05, 3.63) is 21.3 Å². The minimum absolute atomic E-state index is 0.167. The van der Waals surface area contributed by atoms with Gasteiger partial charge in [-0.2, -0.15) is 0 Å². The highest BCUT2D eigenvalue weighted by Gasteiger charge is 2.41. The van der Waals surface area contributed by atoms with Gasteiger partial charge in [0.05, 0.1) is 10.6 Å². The second kappa shape index (κ2) is 6.35. The molecule has 2 heterocycles. The molecule has 0 aromatic carbocycles. The Labute approximate surface area is 130 Å². The second-order valence-electron chi connectivity index (χ2n) is 6.24. The topological polar surface area (TPSA) is 21.3 Å². The van der Waals surface area contributed by atoms with Crippen LogP contribution in [0.25, 0.3) is 0 Å². The number of hydrogen-bond donors (Lipinski definition) is 1. The summed E-state index contributed by atoms with van der Waals surface area (Å²) in [5.41, 5.74) is 0.167. The molecule has 2 unspecified atom stereocenters. The zero-order chi connectivity index (χ0) is 14.0. The van der Waals surface area contributed by atoms with Crippen molar-refractivity contribution < 1.29 is 4.74 Å². The molecular weight excluding hydrogens is 290 g/mol. The van der Waals surface area contributed by atoms with Crippen LogP contribution in [-0.4, -0.2) is 19.3 Å². The highest BCUT2D eigenvalue weighted by molar-refractivity contribution is 7.10. The Bertz CT molecular complexity index is 436. The van der Waals surface area contributed by atoms with E-state index in [1.165, 1.54) is 43.4 Å². The number of thiophene rings is 1. The fourth-order valence-corrected chi connectivity index (χ4v) is 5.38. The molecule has 1 aromatic rings. The Morgan fingerprint density at radius 3 is 2.85 bits per heavy atom. The molecule has 20 heavy (non-hydrogen) atoms. The van der Waals surface area contributed by atoms with Crippen molar-refractivity contribution in [2.24, 2.45) is 5.92 Å². The summed E-state index contributed by atoms with van der Waals surface area (Å²) >= 11 is 8.12. The molecule has 0 bridgehead atoms. The van der Waals surface area contributed by atoms with Gasteiger partial charge in [0.1, 0.15) is 0 Å². The van der Waals surface area contributed by atoms with E-state index >= 15 is 0 Å². The monoisotopic (exact) mass is 313 g/mol. The zero-order valence-corrected chi connectivity index (χ0v) is 13.7. The molecule has 2 nitrogen and oxygen atoms in total. The molecule has 1 spiro atoms. The third-order valence-electron chi connectivity index (χ3n) is 5.01. The van der Waals surface area contributed by atoms with Gasteiger partial charge in [0, 0.05) is 17.5 Å². The van der Waals surface area contributed by atoms with Gasteiger partial charge >= 0.3 is 0 Å². The number of nitrogens with one attached hydrogen (secondary N) is 1. The molecule has 2 aliphatic rings. The van der Waals surface area contributed by atoms with Crippen LogP contribution in [0.1, 0.15) is 55.9 Å². The van der Waals surface area contributed by atoms with Gasteiger partial charge in [0.2, 0.25) is 0 Å². The first-order valence-electron chi connectivity index (χ1n) is 7.78. The Balaban J connectivity index is 1.76. The Hall–Kier alpha value is -0.0900. The van der Waals surface area contributed by atoms with Crippen LogP contribution in [0.15, 0.2) is 11.4 Å². The van der Waals surface area contributed by atoms with Gasteiger partial charge in [-0.05, 0) is 50.1 Å². The second-order valence-corrected chi connectivity index (χ2v) is 7.60. The van der Waals surface area contributed by atoms with Crippen LogP contribution in [0.4, 0.5) is 0 Å². The number of ether oxygens (including phenoxy) is 1. The molecule has 0 radical (unpaired) electrons. The van der Waals surface area contributed by atoms with Crippen LogP contribution in [0.2, 0.25) is 5.02 Å². The molecule has 1 saturated heterocycles. The zero-order valence-electron chi connectivity index (χ0n) is 12.2.